The molecule has 1 aromatic heterocycles. The third-order valence-corrected chi connectivity index (χ3v) is 4.80. The van der Waals surface area contributed by atoms with E-state index in [4.69, 9.17) is 0 Å². The highest BCUT2D eigenvalue weighted by Crippen LogP contribution is 2.28. The molecule has 2 heterocycles. The molecule has 0 saturated carbocycles. The van der Waals surface area contributed by atoms with Gasteiger partial charge in [-0.15, -0.1) is 0 Å². The Balaban J connectivity index is 2.23. The van der Waals surface area contributed by atoms with Crippen LogP contribution in [0.3, 0.4) is 0 Å². The Morgan fingerprint density at radius 2 is 2.16 bits per heavy atom. The smallest absolute Gasteiger partial charge is 0.342 e. The Morgan fingerprint density at radius 1 is 1.48 bits per heavy atom. The van der Waals surface area contributed by atoms with Crippen LogP contribution >= 0.6 is 11.8 Å². The topological polar surface area (TPSA) is 119 Å². The molecule has 1 amide bonds. The molecule has 10 heteroatoms. The number of ketones is 1. The van der Waals surface area contributed by atoms with Gasteiger partial charge in [0.05, 0.1) is 12.6 Å². The zero-order valence-corrected chi connectivity index (χ0v) is 15.1. The summed E-state index contributed by atoms with van der Waals surface area (Å²) in [5.41, 5.74) is -0.192. The summed E-state index contributed by atoms with van der Waals surface area (Å²) in [5, 5.41) is 21.4. The van der Waals surface area contributed by atoms with Gasteiger partial charge in [-0.1, -0.05) is 0 Å². The lowest BCUT2D eigenvalue weighted by atomic mass is 10.1. The Labute approximate surface area is 148 Å². The van der Waals surface area contributed by atoms with Crippen LogP contribution in [-0.4, -0.2) is 60.8 Å². The highest BCUT2D eigenvalue weighted by Gasteiger charge is 2.41. The minimum absolute atomic E-state index is 0.136. The van der Waals surface area contributed by atoms with Crippen LogP contribution in [0.2, 0.25) is 0 Å². The standard InChI is InChI=1S/C15H20N4O5S/c1-9(20)13-14(21)11(4-7-25-3)18(15(13)22)6-5-17-10(2)16-8-12(17)19(23)24/h8,11,21H,4-7H2,1-3H3. The quantitative estimate of drug-likeness (QED) is 0.419. The van der Waals surface area contributed by atoms with E-state index in [2.05, 4.69) is 4.98 Å². The molecule has 1 atom stereocenters. The van der Waals surface area contributed by atoms with E-state index in [1.165, 1.54) is 22.6 Å². The maximum absolute atomic E-state index is 12.5. The maximum atomic E-state index is 12.5. The molecule has 0 fully saturated rings. The fraction of sp³-hybridized carbons (Fsp3) is 0.533. The molecule has 0 aliphatic carbocycles. The molecule has 0 saturated heterocycles. The van der Waals surface area contributed by atoms with Crippen molar-refractivity contribution in [1.29, 1.82) is 0 Å². The van der Waals surface area contributed by atoms with Crippen molar-refractivity contribution in [3.8, 4) is 0 Å². The molecule has 0 radical (unpaired) electrons. The van der Waals surface area contributed by atoms with Crippen molar-refractivity contribution in [1.82, 2.24) is 14.5 Å². The number of aliphatic hydroxyl groups is 1. The zero-order chi connectivity index (χ0) is 18.7. The molecule has 1 aromatic rings. The lowest BCUT2D eigenvalue weighted by molar-refractivity contribution is -0.392. The van der Waals surface area contributed by atoms with Gasteiger partial charge in [-0.25, -0.2) is 9.55 Å². The van der Waals surface area contributed by atoms with Crippen molar-refractivity contribution in [2.24, 2.45) is 0 Å². The second-order valence-corrected chi connectivity index (χ2v) is 6.67. The molecule has 0 spiro atoms. The molecule has 1 aliphatic heterocycles. The van der Waals surface area contributed by atoms with E-state index >= 15 is 0 Å². The number of nitro groups is 1. The zero-order valence-electron chi connectivity index (χ0n) is 14.3. The van der Waals surface area contributed by atoms with Gasteiger partial charge in [0, 0.05) is 6.92 Å². The van der Waals surface area contributed by atoms with Gasteiger partial charge in [-0.05, 0) is 30.3 Å². The number of amides is 1. The number of rotatable bonds is 8. The van der Waals surface area contributed by atoms with E-state index in [0.29, 0.717) is 18.0 Å². The Morgan fingerprint density at radius 3 is 2.72 bits per heavy atom. The van der Waals surface area contributed by atoms with Crippen molar-refractivity contribution in [2.75, 3.05) is 18.6 Å². The Hall–Kier alpha value is -2.36. The van der Waals surface area contributed by atoms with Gasteiger partial charge in [0.15, 0.2) is 11.6 Å². The van der Waals surface area contributed by atoms with Gasteiger partial charge < -0.3 is 20.1 Å². The third-order valence-electron chi connectivity index (χ3n) is 4.16. The molecule has 0 aromatic carbocycles. The van der Waals surface area contributed by atoms with Crippen LogP contribution in [0, 0.1) is 17.0 Å². The van der Waals surface area contributed by atoms with Gasteiger partial charge in [-0.2, -0.15) is 11.8 Å². The van der Waals surface area contributed by atoms with Crippen molar-refractivity contribution in [3.63, 3.8) is 0 Å². The number of hydrogen-bond donors (Lipinski definition) is 1. The lowest BCUT2D eigenvalue weighted by Gasteiger charge is -2.24. The molecule has 136 valence electrons. The SMILES string of the molecule is CSCCC1C(O)=C(C(C)=O)C(=O)N1CCn1c([N+](=O)[O-])cnc1C. The van der Waals surface area contributed by atoms with E-state index in [1.807, 2.05) is 6.26 Å². The second-order valence-electron chi connectivity index (χ2n) is 5.68. The van der Waals surface area contributed by atoms with E-state index in [9.17, 15) is 24.8 Å². The number of thioether (sulfide) groups is 1. The number of carbonyl (C=O) groups is 2. The number of Topliss-reactive ketones (excluding diaryl/α,β-unsaturated/α-hetero) is 1. The van der Waals surface area contributed by atoms with Crippen molar-refractivity contribution < 1.29 is 19.6 Å². The third kappa shape index (κ3) is 3.68. The number of nitrogens with zero attached hydrogens (tertiary/aromatic N) is 4. The Bertz CT molecular complexity index is 742. The van der Waals surface area contributed by atoms with Gasteiger partial charge in [0.2, 0.25) is 0 Å². The van der Waals surface area contributed by atoms with Crippen LogP contribution in [0.5, 0.6) is 0 Å². The van der Waals surface area contributed by atoms with Crippen molar-refractivity contribution >= 4 is 29.3 Å². The predicted octanol–water partition coefficient (Wildman–Crippen LogP) is 1.46. The molecule has 0 bridgehead atoms. The monoisotopic (exact) mass is 368 g/mol. The van der Waals surface area contributed by atoms with E-state index in [-0.39, 0.29) is 30.2 Å². The molecule has 9 nitrogen and oxygen atoms in total. The summed E-state index contributed by atoms with van der Waals surface area (Å²) >= 11 is 1.57. The fourth-order valence-corrected chi connectivity index (χ4v) is 3.36. The van der Waals surface area contributed by atoms with Crippen LogP contribution in [0.1, 0.15) is 19.2 Å². The average molecular weight is 368 g/mol. The first kappa shape index (κ1) is 19.0. The molecule has 1 N–H and O–H groups in total. The highest BCUT2D eigenvalue weighted by atomic mass is 32.2. The van der Waals surface area contributed by atoms with Crippen molar-refractivity contribution in [2.45, 2.75) is 32.9 Å². The summed E-state index contributed by atoms with van der Waals surface area (Å²) in [5.74, 6) is -0.214. The first-order chi connectivity index (χ1) is 11.8. The summed E-state index contributed by atoms with van der Waals surface area (Å²) in [6, 6.07) is -0.582. The summed E-state index contributed by atoms with van der Waals surface area (Å²) in [4.78, 5) is 40.1. The van der Waals surface area contributed by atoms with Gasteiger partial charge >= 0.3 is 5.82 Å². The summed E-state index contributed by atoms with van der Waals surface area (Å²) < 4.78 is 1.40. The largest absolute Gasteiger partial charge is 0.509 e. The molecule has 25 heavy (non-hydrogen) atoms. The first-order valence-corrected chi connectivity index (χ1v) is 9.09. The van der Waals surface area contributed by atoms with Crippen LogP contribution in [0.4, 0.5) is 5.82 Å². The number of imidazole rings is 1. The number of aryl methyl sites for hydroxylation is 1. The summed E-state index contributed by atoms with van der Waals surface area (Å²) in [6.07, 6.45) is 3.58. The first-order valence-electron chi connectivity index (χ1n) is 7.70. The molecule has 2 rings (SSSR count). The van der Waals surface area contributed by atoms with Crippen molar-refractivity contribution in [3.05, 3.63) is 33.5 Å². The van der Waals surface area contributed by atoms with Gasteiger partial charge in [-0.3, -0.25) is 9.59 Å². The van der Waals surface area contributed by atoms with E-state index in [0.717, 1.165) is 0 Å². The maximum Gasteiger partial charge on any atom is 0.342 e. The number of aliphatic hydroxyl groups excluding tert-OH is 1. The van der Waals surface area contributed by atoms with Gasteiger partial charge in [0.25, 0.3) is 5.91 Å². The number of carbonyl (C=O) groups excluding carboxylic acids is 2. The molecule has 1 aliphatic rings. The normalized spacial score (nSPS) is 17.5. The number of aromatic nitrogens is 2. The molecular formula is C15H20N4O5S. The lowest BCUT2D eigenvalue weighted by Crippen LogP contribution is -2.39. The van der Waals surface area contributed by atoms with E-state index in [1.54, 1.807) is 18.7 Å². The summed E-state index contributed by atoms with van der Waals surface area (Å²) in [7, 11) is 0. The average Bonchev–Trinajstić information content (AvgIpc) is 3.01. The minimum atomic E-state index is -0.582. The fourth-order valence-electron chi connectivity index (χ4n) is 2.91. The summed E-state index contributed by atoms with van der Waals surface area (Å²) in [6.45, 7) is 3.17. The highest BCUT2D eigenvalue weighted by molar-refractivity contribution is 7.98. The van der Waals surface area contributed by atoms with Crippen LogP contribution < -0.4 is 0 Å². The Kier molecular flexibility index (Phi) is 5.83. The van der Waals surface area contributed by atoms with Crippen LogP contribution in [0.25, 0.3) is 0 Å². The van der Waals surface area contributed by atoms with Crippen LogP contribution in [-0.2, 0) is 16.1 Å². The van der Waals surface area contributed by atoms with E-state index < -0.39 is 22.7 Å². The van der Waals surface area contributed by atoms with Gasteiger partial charge in [0.1, 0.15) is 24.1 Å². The molecule has 1 unspecified atom stereocenters. The predicted molar refractivity (Wildman–Crippen MR) is 92.5 cm³/mol. The number of hydrogen-bond acceptors (Lipinski definition) is 7. The second kappa shape index (κ2) is 7.68. The minimum Gasteiger partial charge on any atom is -0.509 e. The van der Waals surface area contributed by atoms with Crippen LogP contribution in [0.15, 0.2) is 17.5 Å². The molecular weight excluding hydrogens is 348 g/mol.